The Kier molecular flexibility index (Phi) is 11.5. The van der Waals surface area contributed by atoms with E-state index in [4.69, 9.17) is 5.11 Å². The molecule has 0 amide bonds. The Bertz CT molecular complexity index is 88.5. The Balaban J connectivity index is -0.000000320. The van der Waals surface area contributed by atoms with Crippen LogP contribution >= 0.6 is 0 Å². The first kappa shape index (κ1) is 12.7. The van der Waals surface area contributed by atoms with Crippen LogP contribution in [0.5, 0.6) is 0 Å². The molecule has 0 fully saturated rings. The van der Waals surface area contributed by atoms with E-state index in [2.05, 4.69) is 6.92 Å². The Morgan fingerprint density at radius 2 is 2.00 bits per heavy atom. The van der Waals surface area contributed by atoms with Crippen LogP contribution in [0.2, 0.25) is 0 Å². The first-order chi connectivity index (χ1) is 4.27. The number of unbranched alkanes of at least 4 members (excludes halogenated alkanes) is 3. The van der Waals surface area contributed by atoms with Crippen molar-refractivity contribution in [2.45, 2.75) is 39.0 Å². The van der Waals surface area contributed by atoms with Gasteiger partial charge in [-0.25, -0.2) is 0 Å². The van der Waals surface area contributed by atoms with E-state index < -0.39 is 5.97 Å². The van der Waals surface area contributed by atoms with Crippen LogP contribution < -0.4 is 18.9 Å². The number of aliphatic carboxylic acids is 1. The molecule has 0 aliphatic heterocycles. The van der Waals surface area contributed by atoms with Crippen LogP contribution in [-0.2, 0) is 4.79 Å². The summed E-state index contributed by atoms with van der Waals surface area (Å²) in [4.78, 5) is 9.96. The number of carbonyl (C=O) groups is 1. The van der Waals surface area contributed by atoms with Gasteiger partial charge in [0.05, 0.1) is 0 Å². The van der Waals surface area contributed by atoms with Crippen molar-refractivity contribution < 1.29 is 30.2 Å². The molecule has 3 heteroatoms. The standard InChI is InChI=1S/C7H14O2.Li.H/c1-2-3-4-5-6-7(8)9;;/h2-6H2,1H3,(H,8,9);;/q;+1;-1. The molecule has 0 aromatic heterocycles. The van der Waals surface area contributed by atoms with Crippen molar-refractivity contribution >= 4 is 5.97 Å². The molecule has 0 saturated carbocycles. The van der Waals surface area contributed by atoms with E-state index in [9.17, 15) is 4.79 Å². The van der Waals surface area contributed by atoms with Gasteiger partial charge in [0.1, 0.15) is 0 Å². The summed E-state index contributed by atoms with van der Waals surface area (Å²) in [7, 11) is 0. The van der Waals surface area contributed by atoms with Crippen molar-refractivity contribution in [3.63, 3.8) is 0 Å². The van der Waals surface area contributed by atoms with Crippen LogP contribution in [0.25, 0.3) is 0 Å². The van der Waals surface area contributed by atoms with Gasteiger partial charge in [-0.05, 0) is 6.42 Å². The quantitative estimate of drug-likeness (QED) is 0.397. The minimum Gasteiger partial charge on any atom is -1.00 e. The fourth-order valence-corrected chi connectivity index (χ4v) is 0.703. The van der Waals surface area contributed by atoms with E-state index in [0.717, 1.165) is 19.3 Å². The molecule has 0 bridgehead atoms. The molecule has 0 radical (unpaired) electrons. The number of carboxylic acid groups (broad SMARTS) is 1. The average Bonchev–Trinajstić information content (AvgIpc) is 1.80. The maximum absolute atomic E-state index is 9.96. The third-order valence-electron chi connectivity index (χ3n) is 1.24. The molecule has 56 valence electrons. The van der Waals surface area contributed by atoms with Crippen LogP contribution in [-0.4, -0.2) is 11.1 Å². The minimum absolute atomic E-state index is 0. The van der Waals surface area contributed by atoms with Crippen molar-refractivity contribution in [1.29, 1.82) is 0 Å². The molecule has 0 unspecified atom stereocenters. The van der Waals surface area contributed by atoms with Gasteiger partial charge in [-0.15, -0.1) is 0 Å². The molecule has 0 aliphatic carbocycles. The topological polar surface area (TPSA) is 37.3 Å². The second-order valence-electron chi connectivity index (χ2n) is 2.20. The number of carboxylic acids is 1. The fraction of sp³-hybridized carbons (Fsp3) is 0.857. The molecule has 0 atom stereocenters. The molecular weight excluding hydrogens is 123 g/mol. The van der Waals surface area contributed by atoms with Gasteiger partial charge >= 0.3 is 24.8 Å². The monoisotopic (exact) mass is 138 g/mol. The Morgan fingerprint density at radius 1 is 1.40 bits per heavy atom. The molecule has 0 rings (SSSR count). The van der Waals surface area contributed by atoms with E-state index in [1.54, 1.807) is 0 Å². The zero-order valence-corrected chi connectivity index (χ0v) is 6.89. The van der Waals surface area contributed by atoms with Gasteiger partial charge < -0.3 is 6.53 Å². The summed E-state index contributed by atoms with van der Waals surface area (Å²) in [6.45, 7) is 2.11. The maximum Gasteiger partial charge on any atom is 1.00 e. The molecular formula is C7H15LiO2. The van der Waals surface area contributed by atoms with Gasteiger partial charge in [0.15, 0.2) is 0 Å². The van der Waals surface area contributed by atoms with Crippen LogP contribution in [0.4, 0.5) is 0 Å². The Morgan fingerprint density at radius 3 is 2.40 bits per heavy atom. The molecule has 0 saturated heterocycles. The summed E-state index contributed by atoms with van der Waals surface area (Å²) < 4.78 is 0. The van der Waals surface area contributed by atoms with Gasteiger partial charge in [-0.3, -0.25) is 4.79 Å². The summed E-state index contributed by atoms with van der Waals surface area (Å²) in [6, 6.07) is 0. The largest absolute Gasteiger partial charge is 1.00 e. The van der Waals surface area contributed by atoms with E-state index in [1.807, 2.05) is 0 Å². The van der Waals surface area contributed by atoms with Gasteiger partial charge in [-0.1, -0.05) is 26.2 Å². The van der Waals surface area contributed by atoms with Crippen molar-refractivity contribution in [3.8, 4) is 0 Å². The van der Waals surface area contributed by atoms with Gasteiger partial charge in [-0.2, -0.15) is 0 Å². The molecule has 10 heavy (non-hydrogen) atoms. The maximum atomic E-state index is 9.96. The first-order valence-electron chi connectivity index (χ1n) is 3.49. The number of rotatable bonds is 5. The van der Waals surface area contributed by atoms with Crippen molar-refractivity contribution in [2.24, 2.45) is 0 Å². The molecule has 0 aromatic rings. The van der Waals surface area contributed by atoms with Gasteiger partial charge in [0.25, 0.3) is 0 Å². The predicted octanol–water partition coefficient (Wildman–Crippen LogP) is -0.842. The molecule has 0 aliphatic rings. The predicted molar refractivity (Wildman–Crippen MR) is 37.5 cm³/mol. The van der Waals surface area contributed by atoms with E-state index in [1.165, 1.54) is 6.42 Å². The van der Waals surface area contributed by atoms with Crippen LogP contribution in [0.15, 0.2) is 0 Å². The molecule has 1 N–H and O–H groups in total. The van der Waals surface area contributed by atoms with E-state index >= 15 is 0 Å². The smallest absolute Gasteiger partial charge is 1.00 e. The molecule has 2 nitrogen and oxygen atoms in total. The summed E-state index contributed by atoms with van der Waals surface area (Å²) >= 11 is 0. The SMILES string of the molecule is CCCCCCC(=O)O.[H-].[Li+]. The van der Waals surface area contributed by atoms with Crippen LogP contribution in [0.3, 0.4) is 0 Å². The number of hydrogen-bond acceptors (Lipinski definition) is 1. The fourth-order valence-electron chi connectivity index (χ4n) is 0.703. The summed E-state index contributed by atoms with van der Waals surface area (Å²) in [5, 5.41) is 8.21. The van der Waals surface area contributed by atoms with E-state index in [-0.39, 0.29) is 20.3 Å². The second kappa shape index (κ2) is 9.07. The van der Waals surface area contributed by atoms with Crippen molar-refractivity contribution in [2.75, 3.05) is 0 Å². The zero-order chi connectivity index (χ0) is 7.11. The summed E-state index contributed by atoms with van der Waals surface area (Å²) in [5.74, 6) is -0.675. The van der Waals surface area contributed by atoms with Crippen molar-refractivity contribution in [3.05, 3.63) is 0 Å². The minimum atomic E-state index is -0.675. The molecule has 0 aromatic carbocycles. The zero-order valence-electron chi connectivity index (χ0n) is 7.89. The van der Waals surface area contributed by atoms with E-state index in [0.29, 0.717) is 6.42 Å². The third-order valence-corrected chi connectivity index (χ3v) is 1.24. The first-order valence-corrected chi connectivity index (χ1v) is 3.49. The molecule has 0 spiro atoms. The number of hydrogen-bond donors (Lipinski definition) is 1. The normalized spacial score (nSPS) is 8.50. The van der Waals surface area contributed by atoms with Crippen LogP contribution in [0.1, 0.15) is 40.5 Å². The molecule has 0 heterocycles. The van der Waals surface area contributed by atoms with Gasteiger partial charge in [0, 0.05) is 6.42 Å². The van der Waals surface area contributed by atoms with Gasteiger partial charge in [0.2, 0.25) is 0 Å². The Hall–Kier alpha value is 0.0674. The average molecular weight is 138 g/mol. The summed E-state index contributed by atoms with van der Waals surface area (Å²) in [5.41, 5.74) is 0. The third kappa shape index (κ3) is 10.9. The van der Waals surface area contributed by atoms with Crippen molar-refractivity contribution in [1.82, 2.24) is 0 Å². The van der Waals surface area contributed by atoms with Crippen LogP contribution in [0, 0.1) is 0 Å². The summed E-state index contributed by atoms with van der Waals surface area (Å²) in [6.07, 6.45) is 4.55. The second-order valence-corrected chi connectivity index (χ2v) is 2.20. The Labute approximate surface area is 75.7 Å².